The lowest BCUT2D eigenvalue weighted by molar-refractivity contribution is 0.00651. The molecule has 0 aliphatic heterocycles. The Morgan fingerprint density at radius 1 is 1.26 bits per heavy atom. The van der Waals surface area contributed by atoms with E-state index in [1.807, 2.05) is 14.0 Å². The molecule has 1 fully saturated rings. The number of rotatable bonds is 8. The van der Waals surface area contributed by atoms with Crippen molar-refractivity contribution in [3.63, 3.8) is 0 Å². The molecule has 1 rings (SSSR count). The van der Waals surface area contributed by atoms with Crippen LogP contribution in [0.2, 0.25) is 0 Å². The van der Waals surface area contributed by atoms with Crippen LogP contribution in [-0.2, 0) is 4.74 Å². The van der Waals surface area contributed by atoms with Crippen LogP contribution in [0.1, 0.15) is 65.2 Å². The van der Waals surface area contributed by atoms with E-state index in [1.54, 1.807) is 0 Å². The molecule has 1 saturated carbocycles. The summed E-state index contributed by atoms with van der Waals surface area (Å²) in [5, 5.41) is 3.68. The molecule has 0 bridgehead atoms. The van der Waals surface area contributed by atoms with Gasteiger partial charge in [0.25, 0.3) is 0 Å². The van der Waals surface area contributed by atoms with Crippen LogP contribution in [0, 0.1) is 17.8 Å². The van der Waals surface area contributed by atoms with Gasteiger partial charge in [0.1, 0.15) is 0 Å². The maximum absolute atomic E-state index is 5.87. The maximum Gasteiger partial charge on any atom is 0.0752 e. The molecule has 2 nitrogen and oxygen atoms in total. The fourth-order valence-electron chi connectivity index (χ4n) is 3.21. The Balaban J connectivity index is 2.57. The van der Waals surface area contributed by atoms with Crippen molar-refractivity contribution in [2.45, 2.75) is 77.4 Å². The first kappa shape index (κ1) is 16.5. The van der Waals surface area contributed by atoms with Gasteiger partial charge in [0.2, 0.25) is 0 Å². The molecule has 1 aliphatic carbocycles. The molecule has 0 saturated heterocycles. The van der Waals surface area contributed by atoms with Gasteiger partial charge in [-0.2, -0.15) is 0 Å². The summed E-state index contributed by atoms with van der Waals surface area (Å²) in [6.07, 6.45) is 10.5. The Morgan fingerprint density at radius 2 is 2.00 bits per heavy atom. The SMILES string of the molecule is CC#CCCC(NCCC)C(OC)C1CCCCC1. The highest BCUT2D eigenvalue weighted by Gasteiger charge is 2.29. The van der Waals surface area contributed by atoms with Crippen LogP contribution in [0.25, 0.3) is 0 Å². The highest BCUT2D eigenvalue weighted by atomic mass is 16.5. The van der Waals surface area contributed by atoms with E-state index in [9.17, 15) is 0 Å². The molecule has 19 heavy (non-hydrogen) atoms. The van der Waals surface area contributed by atoms with E-state index < -0.39 is 0 Å². The summed E-state index contributed by atoms with van der Waals surface area (Å²) >= 11 is 0. The fourth-order valence-corrected chi connectivity index (χ4v) is 3.21. The van der Waals surface area contributed by atoms with Crippen LogP contribution < -0.4 is 5.32 Å². The molecule has 2 atom stereocenters. The number of hydrogen-bond acceptors (Lipinski definition) is 2. The second-order valence-corrected chi connectivity index (χ2v) is 5.62. The van der Waals surface area contributed by atoms with E-state index in [-0.39, 0.29) is 0 Å². The molecule has 0 amide bonds. The van der Waals surface area contributed by atoms with Gasteiger partial charge in [-0.05, 0) is 45.1 Å². The first-order valence-electron chi connectivity index (χ1n) is 7.99. The third-order valence-corrected chi connectivity index (χ3v) is 4.20. The first-order valence-corrected chi connectivity index (χ1v) is 7.99. The zero-order chi connectivity index (χ0) is 13.9. The van der Waals surface area contributed by atoms with Crippen molar-refractivity contribution >= 4 is 0 Å². The molecule has 0 heterocycles. The van der Waals surface area contributed by atoms with Crippen molar-refractivity contribution in [3.8, 4) is 11.8 Å². The van der Waals surface area contributed by atoms with Crippen LogP contribution in [0.3, 0.4) is 0 Å². The van der Waals surface area contributed by atoms with Crippen molar-refractivity contribution in [2.24, 2.45) is 5.92 Å². The fraction of sp³-hybridized carbons (Fsp3) is 0.882. The molecule has 0 spiro atoms. The zero-order valence-corrected chi connectivity index (χ0v) is 13.0. The molecule has 1 aliphatic rings. The minimum Gasteiger partial charge on any atom is -0.380 e. The Morgan fingerprint density at radius 3 is 2.58 bits per heavy atom. The summed E-state index contributed by atoms with van der Waals surface area (Å²) in [7, 11) is 1.88. The smallest absolute Gasteiger partial charge is 0.0752 e. The number of hydrogen-bond donors (Lipinski definition) is 1. The summed E-state index contributed by atoms with van der Waals surface area (Å²) in [5.41, 5.74) is 0. The minimum absolute atomic E-state index is 0.366. The predicted molar refractivity (Wildman–Crippen MR) is 82.1 cm³/mol. The topological polar surface area (TPSA) is 21.3 Å². The number of ether oxygens (including phenoxy) is 1. The highest BCUT2D eigenvalue weighted by Crippen LogP contribution is 2.30. The normalized spacial score (nSPS) is 19.5. The van der Waals surface area contributed by atoms with Crippen LogP contribution >= 0.6 is 0 Å². The summed E-state index contributed by atoms with van der Waals surface area (Å²) in [4.78, 5) is 0. The lowest BCUT2D eigenvalue weighted by atomic mass is 9.81. The van der Waals surface area contributed by atoms with Gasteiger partial charge in [0.05, 0.1) is 6.10 Å². The Labute approximate surface area is 119 Å². The minimum atomic E-state index is 0.366. The molecule has 2 unspecified atom stereocenters. The summed E-state index contributed by atoms with van der Waals surface area (Å²) < 4.78 is 5.87. The lowest BCUT2D eigenvalue weighted by Gasteiger charge is -2.35. The van der Waals surface area contributed by atoms with E-state index in [1.165, 1.54) is 38.5 Å². The third-order valence-electron chi connectivity index (χ3n) is 4.20. The largest absolute Gasteiger partial charge is 0.380 e. The van der Waals surface area contributed by atoms with Gasteiger partial charge in [0.15, 0.2) is 0 Å². The van der Waals surface area contributed by atoms with E-state index in [4.69, 9.17) is 4.74 Å². The quantitative estimate of drug-likeness (QED) is 0.675. The molecule has 0 radical (unpaired) electrons. The van der Waals surface area contributed by atoms with Gasteiger partial charge >= 0.3 is 0 Å². The van der Waals surface area contributed by atoms with Crippen molar-refractivity contribution in [2.75, 3.05) is 13.7 Å². The Kier molecular flexibility index (Phi) is 8.95. The van der Waals surface area contributed by atoms with Crippen LogP contribution in [0.5, 0.6) is 0 Å². The van der Waals surface area contributed by atoms with Crippen LogP contribution in [0.15, 0.2) is 0 Å². The molecule has 0 aromatic carbocycles. The summed E-state index contributed by atoms with van der Waals surface area (Å²) in [6, 6.07) is 0.467. The number of methoxy groups -OCH3 is 1. The lowest BCUT2D eigenvalue weighted by Crippen LogP contribution is -2.45. The van der Waals surface area contributed by atoms with Crippen LogP contribution in [0.4, 0.5) is 0 Å². The van der Waals surface area contributed by atoms with Gasteiger partial charge < -0.3 is 10.1 Å². The second kappa shape index (κ2) is 10.3. The molecule has 0 aromatic heterocycles. The van der Waals surface area contributed by atoms with Crippen molar-refractivity contribution in [3.05, 3.63) is 0 Å². The zero-order valence-electron chi connectivity index (χ0n) is 13.0. The monoisotopic (exact) mass is 265 g/mol. The van der Waals surface area contributed by atoms with E-state index in [2.05, 4.69) is 24.1 Å². The third kappa shape index (κ3) is 5.97. The van der Waals surface area contributed by atoms with Crippen molar-refractivity contribution < 1.29 is 4.74 Å². The molecular formula is C17H31NO. The van der Waals surface area contributed by atoms with Gasteiger partial charge in [0, 0.05) is 19.6 Å². The molecular weight excluding hydrogens is 234 g/mol. The van der Waals surface area contributed by atoms with Crippen molar-refractivity contribution in [1.29, 1.82) is 0 Å². The Hall–Kier alpha value is -0.520. The molecule has 0 aromatic rings. The van der Waals surface area contributed by atoms with E-state index >= 15 is 0 Å². The number of nitrogens with one attached hydrogen (secondary N) is 1. The average molecular weight is 265 g/mol. The van der Waals surface area contributed by atoms with Crippen LogP contribution in [-0.4, -0.2) is 25.8 Å². The highest BCUT2D eigenvalue weighted by molar-refractivity contribution is 4.97. The molecule has 1 N–H and O–H groups in total. The summed E-state index contributed by atoms with van der Waals surface area (Å²) in [5.74, 6) is 6.93. The van der Waals surface area contributed by atoms with Gasteiger partial charge in [-0.15, -0.1) is 11.8 Å². The molecule has 110 valence electrons. The average Bonchev–Trinajstić information content (AvgIpc) is 2.46. The molecule has 2 heteroatoms. The second-order valence-electron chi connectivity index (χ2n) is 5.62. The summed E-state index contributed by atoms with van der Waals surface area (Å²) in [6.45, 7) is 5.22. The van der Waals surface area contributed by atoms with Crippen molar-refractivity contribution in [1.82, 2.24) is 5.32 Å². The maximum atomic E-state index is 5.87. The Bertz CT molecular complexity index is 273. The van der Waals surface area contributed by atoms with Gasteiger partial charge in [-0.3, -0.25) is 0 Å². The van der Waals surface area contributed by atoms with E-state index in [0.717, 1.165) is 25.3 Å². The van der Waals surface area contributed by atoms with Gasteiger partial charge in [-0.1, -0.05) is 26.2 Å². The standard InChI is InChI=1S/C17H31NO/c1-4-6-8-13-16(18-14-5-2)17(19-3)15-11-9-7-10-12-15/h15-18H,5,7-14H2,1-3H3. The van der Waals surface area contributed by atoms with Gasteiger partial charge in [-0.25, -0.2) is 0 Å². The van der Waals surface area contributed by atoms with E-state index in [0.29, 0.717) is 12.1 Å². The first-order chi connectivity index (χ1) is 9.33. The predicted octanol–water partition coefficient (Wildman–Crippen LogP) is 3.75.